The Morgan fingerprint density at radius 2 is 1.93 bits per heavy atom. The number of thiophene rings is 1. The van der Waals surface area contributed by atoms with Crippen LogP contribution in [0.25, 0.3) is 10.1 Å². The van der Waals surface area contributed by atoms with Gasteiger partial charge in [-0.3, -0.25) is 0 Å². The van der Waals surface area contributed by atoms with Crippen molar-refractivity contribution in [1.29, 1.82) is 0 Å². The van der Waals surface area contributed by atoms with Crippen molar-refractivity contribution in [3.63, 3.8) is 0 Å². The number of fused-ring (bicyclic) bond motifs is 1. The third-order valence-corrected chi connectivity index (χ3v) is 2.96. The molecule has 74 valence electrons. The molecule has 0 saturated heterocycles. The van der Waals surface area contributed by atoms with Gasteiger partial charge in [-0.2, -0.15) is 0 Å². The third-order valence-electron chi connectivity index (χ3n) is 2.05. The Morgan fingerprint density at radius 3 is 2.57 bits per heavy atom. The molecule has 0 spiro atoms. The Hall–Kier alpha value is -1.42. The van der Waals surface area contributed by atoms with E-state index in [2.05, 4.69) is 0 Å². The van der Waals surface area contributed by atoms with Crippen molar-refractivity contribution in [2.45, 2.75) is 0 Å². The predicted octanol–water partition coefficient (Wildman–Crippen LogP) is 2.50. The van der Waals surface area contributed by atoms with Crippen molar-refractivity contribution in [1.82, 2.24) is 0 Å². The molecule has 0 fully saturated rings. The molecule has 0 unspecified atom stereocenters. The molecular formula is C10H11NO2S. The van der Waals surface area contributed by atoms with Crippen LogP contribution in [0.4, 0.5) is 5.00 Å². The molecule has 4 heteroatoms. The summed E-state index contributed by atoms with van der Waals surface area (Å²) in [4.78, 5) is 0. The highest BCUT2D eigenvalue weighted by Gasteiger charge is 2.07. The monoisotopic (exact) mass is 209 g/mol. The lowest BCUT2D eigenvalue weighted by atomic mass is 10.2. The van der Waals surface area contributed by atoms with Crippen LogP contribution < -0.4 is 15.2 Å². The second-order valence-electron chi connectivity index (χ2n) is 2.89. The number of ether oxygens (including phenoxy) is 2. The largest absolute Gasteiger partial charge is 0.497 e. The fraction of sp³-hybridized carbons (Fsp3) is 0.200. The van der Waals surface area contributed by atoms with Gasteiger partial charge in [-0.25, -0.2) is 0 Å². The summed E-state index contributed by atoms with van der Waals surface area (Å²) in [6, 6.07) is 5.73. The van der Waals surface area contributed by atoms with Gasteiger partial charge in [-0.15, -0.1) is 11.3 Å². The maximum Gasteiger partial charge on any atom is 0.131 e. The number of rotatable bonds is 2. The van der Waals surface area contributed by atoms with Crippen LogP contribution in [0.2, 0.25) is 0 Å². The van der Waals surface area contributed by atoms with Crippen molar-refractivity contribution in [2.24, 2.45) is 0 Å². The lowest BCUT2D eigenvalue weighted by molar-refractivity contribution is 0.398. The maximum atomic E-state index is 5.73. The molecule has 0 atom stereocenters. The first kappa shape index (κ1) is 9.15. The van der Waals surface area contributed by atoms with E-state index in [9.17, 15) is 0 Å². The molecular weight excluding hydrogens is 198 g/mol. The summed E-state index contributed by atoms with van der Waals surface area (Å²) in [7, 11) is 3.28. The molecule has 0 amide bonds. The van der Waals surface area contributed by atoms with Gasteiger partial charge in [0.1, 0.15) is 11.5 Å². The summed E-state index contributed by atoms with van der Waals surface area (Å²) in [5.41, 5.74) is 5.73. The van der Waals surface area contributed by atoms with Crippen LogP contribution in [-0.4, -0.2) is 14.2 Å². The highest BCUT2D eigenvalue weighted by atomic mass is 32.1. The fourth-order valence-corrected chi connectivity index (χ4v) is 2.26. The van der Waals surface area contributed by atoms with Gasteiger partial charge in [0, 0.05) is 16.2 Å². The summed E-state index contributed by atoms with van der Waals surface area (Å²) < 4.78 is 11.5. The van der Waals surface area contributed by atoms with E-state index in [0.717, 1.165) is 26.6 Å². The van der Waals surface area contributed by atoms with E-state index in [4.69, 9.17) is 15.2 Å². The zero-order valence-corrected chi connectivity index (χ0v) is 8.85. The second-order valence-corrected chi connectivity index (χ2v) is 4.01. The highest BCUT2D eigenvalue weighted by molar-refractivity contribution is 7.22. The standard InChI is InChI=1S/C10H11NO2S/c1-12-6-3-8(13-2)7-5-10(11)14-9(7)4-6/h3-5H,11H2,1-2H3. The SMILES string of the molecule is COc1cc(OC)c2cc(N)sc2c1. The van der Waals surface area contributed by atoms with E-state index in [1.165, 1.54) is 11.3 Å². The highest BCUT2D eigenvalue weighted by Crippen LogP contribution is 2.37. The number of nitrogens with two attached hydrogens (primary N) is 1. The van der Waals surface area contributed by atoms with Crippen LogP contribution in [0.5, 0.6) is 11.5 Å². The Morgan fingerprint density at radius 1 is 1.14 bits per heavy atom. The lowest BCUT2D eigenvalue weighted by Gasteiger charge is -2.04. The number of nitrogen functional groups attached to an aromatic ring is 1. The number of hydrogen-bond acceptors (Lipinski definition) is 4. The molecule has 3 nitrogen and oxygen atoms in total. The van der Waals surface area contributed by atoms with Gasteiger partial charge in [0.15, 0.2) is 0 Å². The minimum absolute atomic E-state index is 0.784. The number of methoxy groups -OCH3 is 2. The third kappa shape index (κ3) is 1.37. The summed E-state index contributed by atoms with van der Waals surface area (Å²) in [5.74, 6) is 1.59. The molecule has 1 heterocycles. The summed E-state index contributed by atoms with van der Waals surface area (Å²) >= 11 is 1.53. The van der Waals surface area contributed by atoms with Gasteiger partial charge >= 0.3 is 0 Å². The van der Waals surface area contributed by atoms with Gasteiger partial charge in [0.2, 0.25) is 0 Å². The van der Waals surface area contributed by atoms with E-state index in [1.807, 2.05) is 18.2 Å². The van der Waals surface area contributed by atoms with Crippen molar-refractivity contribution in [3.05, 3.63) is 18.2 Å². The molecule has 0 bridgehead atoms. The van der Waals surface area contributed by atoms with Crippen LogP contribution in [-0.2, 0) is 0 Å². The normalized spacial score (nSPS) is 10.4. The molecule has 0 aliphatic heterocycles. The topological polar surface area (TPSA) is 44.5 Å². The van der Waals surface area contributed by atoms with Crippen molar-refractivity contribution >= 4 is 26.4 Å². The molecule has 0 aliphatic rings. The Labute approximate surface area is 86.1 Å². The lowest BCUT2D eigenvalue weighted by Crippen LogP contribution is -1.86. The molecule has 0 aliphatic carbocycles. The van der Waals surface area contributed by atoms with E-state index in [0.29, 0.717) is 0 Å². The van der Waals surface area contributed by atoms with Gasteiger partial charge in [0.25, 0.3) is 0 Å². The molecule has 0 radical (unpaired) electrons. The minimum atomic E-state index is 0.784. The number of benzene rings is 1. The molecule has 2 rings (SSSR count). The van der Waals surface area contributed by atoms with Gasteiger partial charge in [-0.05, 0) is 12.1 Å². The summed E-state index contributed by atoms with van der Waals surface area (Å²) in [5, 5.41) is 1.82. The van der Waals surface area contributed by atoms with E-state index in [-0.39, 0.29) is 0 Å². The smallest absolute Gasteiger partial charge is 0.131 e. The van der Waals surface area contributed by atoms with E-state index < -0.39 is 0 Å². The number of hydrogen-bond donors (Lipinski definition) is 1. The van der Waals surface area contributed by atoms with E-state index >= 15 is 0 Å². The molecule has 1 aromatic heterocycles. The average Bonchev–Trinajstić information content (AvgIpc) is 2.56. The summed E-state index contributed by atoms with van der Waals surface area (Å²) in [6.07, 6.45) is 0. The zero-order valence-electron chi connectivity index (χ0n) is 8.03. The van der Waals surface area contributed by atoms with Gasteiger partial charge in [0.05, 0.1) is 19.2 Å². The Kier molecular flexibility index (Phi) is 2.21. The van der Waals surface area contributed by atoms with Crippen LogP contribution in [0.1, 0.15) is 0 Å². The van der Waals surface area contributed by atoms with Crippen molar-refractivity contribution < 1.29 is 9.47 Å². The van der Waals surface area contributed by atoms with Gasteiger partial charge in [-0.1, -0.05) is 0 Å². The molecule has 2 aromatic rings. The first-order chi connectivity index (χ1) is 6.74. The molecule has 0 saturated carbocycles. The van der Waals surface area contributed by atoms with Crippen LogP contribution in [0.15, 0.2) is 18.2 Å². The van der Waals surface area contributed by atoms with Crippen LogP contribution >= 0.6 is 11.3 Å². The summed E-state index contributed by atoms with van der Waals surface area (Å²) in [6.45, 7) is 0. The maximum absolute atomic E-state index is 5.73. The predicted molar refractivity (Wildman–Crippen MR) is 59.3 cm³/mol. The molecule has 1 aromatic carbocycles. The van der Waals surface area contributed by atoms with E-state index in [1.54, 1.807) is 14.2 Å². The average molecular weight is 209 g/mol. The first-order valence-electron chi connectivity index (χ1n) is 4.15. The van der Waals surface area contributed by atoms with Crippen molar-refractivity contribution in [2.75, 3.05) is 20.0 Å². The minimum Gasteiger partial charge on any atom is -0.497 e. The van der Waals surface area contributed by atoms with Gasteiger partial charge < -0.3 is 15.2 Å². The van der Waals surface area contributed by atoms with Crippen molar-refractivity contribution in [3.8, 4) is 11.5 Å². The zero-order chi connectivity index (χ0) is 10.1. The fourth-order valence-electron chi connectivity index (χ4n) is 1.39. The Balaban J connectivity index is 2.72. The van der Waals surface area contributed by atoms with Crippen LogP contribution in [0, 0.1) is 0 Å². The second kappa shape index (κ2) is 3.38. The Bertz CT molecular complexity index is 464. The number of anilines is 1. The quantitative estimate of drug-likeness (QED) is 0.826. The first-order valence-corrected chi connectivity index (χ1v) is 4.97. The van der Waals surface area contributed by atoms with Crippen LogP contribution in [0.3, 0.4) is 0 Å². The molecule has 14 heavy (non-hydrogen) atoms. The molecule has 2 N–H and O–H groups in total.